The molecule has 0 bridgehead atoms. The van der Waals surface area contributed by atoms with E-state index < -0.39 is 0 Å². The van der Waals surface area contributed by atoms with Gasteiger partial charge in [-0.15, -0.1) is 0 Å². The van der Waals surface area contributed by atoms with Crippen LogP contribution in [-0.2, 0) is 0 Å². The Morgan fingerprint density at radius 2 is 1.87 bits per heavy atom. The van der Waals surface area contributed by atoms with Crippen molar-refractivity contribution in [3.8, 4) is 0 Å². The van der Waals surface area contributed by atoms with Crippen LogP contribution >= 0.6 is 0 Å². The van der Waals surface area contributed by atoms with Gasteiger partial charge in [-0.1, -0.05) is 20.3 Å². The van der Waals surface area contributed by atoms with E-state index >= 15 is 0 Å². The molecular weight excluding hydrogens is 184 g/mol. The summed E-state index contributed by atoms with van der Waals surface area (Å²) in [6, 6.07) is 0.821. The maximum atomic E-state index is 5.76. The third-order valence-corrected chi connectivity index (χ3v) is 4.07. The number of nitrogens with zero attached hydrogens (tertiary/aromatic N) is 1. The molecule has 1 aliphatic rings. The zero-order valence-electron chi connectivity index (χ0n) is 10.7. The lowest BCUT2D eigenvalue weighted by atomic mass is 9.86. The average molecular weight is 212 g/mol. The summed E-state index contributed by atoms with van der Waals surface area (Å²) in [4.78, 5) is 2.55. The Balaban J connectivity index is 2.30. The standard InChI is InChI=1S/C13H28N2/c1-4-12(9-14)10-15(3)13-7-5-11(2)6-8-13/h11-13H,4-10,14H2,1-3H3. The Bertz CT molecular complexity index is 158. The van der Waals surface area contributed by atoms with E-state index in [2.05, 4.69) is 25.8 Å². The Hall–Kier alpha value is -0.0800. The third-order valence-electron chi connectivity index (χ3n) is 4.07. The van der Waals surface area contributed by atoms with Crippen LogP contribution in [0.1, 0.15) is 46.0 Å². The minimum absolute atomic E-state index is 0.689. The molecular formula is C13H28N2. The predicted octanol–water partition coefficient (Wildman–Crippen LogP) is 2.48. The number of hydrogen-bond acceptors (Lipinski definition) is 2. The minimum Gasteiger partial charge on any atom is -0.330 e. The molecule has 1 fully saturated rings. The van der Waals surface area contributed by atoms with Gasteiger partial charge in [0.2, 0.25) is 0 Å². The van der Waals surface area contributed by atoms with Gasteiger partial charge in [0.1, 0.15) is 0 Å². The van der Waals surface area contributed by atoms with Crippen molar-refractivity contribution in [2.45, 2.75) is 52.0 Å². The second-order valence-electron chi connectivity index (χ2n) is 5.36. The molecule has 0 spiro atoms. The summed E-state index contributed by atoms with van der Waals surface area (Å²) in [6.45, 7) is 6.65. The van der Waals surface area contributed by atoms with Crippen LogP contribution < -0.4 is 5.73 Å². The van der Waals surface area contributed by atoms with Crippen molar-refractivity contribution in [1.82, 2.24) is 4.90 Å². The molecule has 15 heavy (non-hydrogen) atoms. The molecule has 2 N–H and O–H groups in total. The van der Waals surface area contributed by atoms with E-state index in [4.69, 9.17) is 5.73 Å². The summed E-state index contributed by atoms with van der Waals surface area (Å²) in [5.41, 5.74) is 5.76. The van der Waals surface area contributed by atoms with E-state index in [9.17, 15) is 0 Å². The molecule has 0 aromatic heterocycles. The topological polar surface area (TPSA) is 29.3 Å². The minimum atomic E-state index is 0.689. The van der Waals surface area contributed by atoms with Crippen LogP contribution in [0.25, 0.3) is 0 Å². The second kappa shape index (κ2) is 6.49. The fourth-order valence-electron chi connectivity index (χ4n) is 2.61. The van der Waals surface area contributed by atoms with E-state index in [0.29, 0.717) is 5.92 Å². The van der Waals surface area contributed by atoms with Gasteiger partial charge in [0.05, 0.1) is 0 Å². The highest BCUT2D eigenvalue weighted by molar-refractivity contribution is 4.77. The zero-order chi connectivity index (χ0) is 11.3. The molecule has 2 nitrogen and oxygen atoms in total. The molecule has 0 heterocycles. The van der Waals surface area contributed by atoms with Crippen molar-refractivity contribution < 1.29 is 0 Å². The number of hydrogen-bond donors (Lipinski definition) is 1. The molecule has 1 atom stereocenters. The van der Waals surface area contributed by atoms with Crippen molar-refractivity contribution in [2.24, 2.45) is 17.6 Å². The maximum Gasteiger partial charge on any atom is 0.00925 e. The Kier molecular flexibility index (Phi) is 5.62. The molecule has 0 aliphatic heterocycles. The van der Waals surface area contributed by atoms with Gasteiger partial charge in [0, 0.05) is 12.6 Å². The lowest BCUT2D eigenvalue weighted by Crippen LogP contribution is -2.39. The molecule has 1 saturated carbocycles. The van der Waals surface area contributed by atoms with Crippen molar-refractivity contribution in [1.29, 1.82) is 0 Å². The van der Waals surface area contributed by atoms with Gasteiger partial charge in [0.15, 0.2) is 0 Å². The molecule has 0 amide bonds. The van der Waals surface area contributed by atoms with Crippen LogP contribution in [0.15, 0.2) is 0 Å². The quantitative estimate of drug-likeness (QED) is 0.758. The second-order valence-corrected chi connectivity index (χ2v) is 5.36. The van der Waals surface area contributed by atoms with Crippen LogP contribution in [0.3, 0.4) is 0 Å². The summed E-state index contributed by atoms with van der Waals surface area (Å²) in [6.07, 6.45) is 6.81. The highest BCUT2D eigenvalue weighted by Gasteiger charge is 2.22. The molecule has 0 saturated heterocycles. The van der Waals surface area contributed by atoms with Gasteiger partial charge < -0.3 is 10.6 Å². The summed E-state index contributed by atoms with van der Waals surface area (Å²) >= 11 is 0. The Morgan fingerprint density at radius 1 is 1.27 bits per heavy atom. The van der Waals surface area contributed by atoms with Gasteiger partial charge in [0.25, 0.3) is 0 Å². The van der Waals surface area contributed by atoms with E-state index in [1.54, 1.807) is 0 Å². The normalized spacial score (nSPS) is 29.4. The smallest absolute Gasteiger partial charge is 0.00925 e. The number of nitrogens with two attached hydrogens (primary N) is 1. The van der Waals surface area contributed by atoms with Crippen molar-refractivity contribution in [2.75, 3.05) is 20.1 Å². The van der Waals surface area contributed by atoms with Gasteiger partial charge >= 0.3 is 0 Å². The predicted molar refractivity (Wildman–Crippen MR) is 66.9 cm³/mol. The lowest BCUT2D eigenvalue weighted by molar-refractivity contribution is 0.149. The third kappa shape index (κ3) is 4.12. The first-order valence-electron chi connectivity index (χ1n) is 6.57. The fraction of sp³-hybridized carbons (Fsp3) is 1.00. The van der Waals surface area contributed by atoms with E-state index in [0.717, 1.165) is 18.5 Å². The van der Waals surface area contributed by atoms with Crippen LogP contribution in [0.2, 0.25) is 0 Å². The summed E-state index contributed by atoms with van der Waals surface area (Å²) < 4.78 is 0. The maximum absolute atomic E-state index is 5.76. The van der Waals surface area contributed by atoms with E-state index in [1.165, 1.54) is 38.6 Å². The van der Waals surface area contributed by atoms with Gasteiger partial charge in [-0.05, 0) is 51.1 Å². The van der Waals surface area contributed by atoms with Gasteiger partial charge in [-0.3, -0.25) is 0 Å². The Morgan fingerprint density at radius 3 is 2.33 bits per heavy atom. The lowest BCUT2D eigenvalue weighted by Gasteiger charge is -2.35. The highest BCUT2D eigenvalue weighted by atomic mass is 15.1. The molecule has 0 aromatic rings. The SMILES string of the molecule is CCC(CN)CN(C)C1CCC(C)CC1. The van der Waals surface area contributed by atoms with Crippen molar-refractivity contribution in [3.63, 3.8) is 0 Å². The molecule has 90 valence electrons. The fourth-order valence-corrected chi connectivity index (χ4v) is 2.61. The van der Waals surface area contributed by atoms with Crippen molar-refractivity contribution in [3.05, 3.63) is 0 Å². The van der Waals surface area contributed by atoms with E-state index in [1.807, 2.05) is 0 Å². The van der Waals surface area contributed by atoms with Crippen molar-refractivity contribution >= 4 is 0 Å². The molecule has 2 heteroatoms. The number of rotatable bonds is 5. The first-order chi connectivity index (χ1) is 7.17. The molecule has 0 aromatic carbocycles. The Labute approximate surface area is 95.2 Å². The summed E-state index contributed by atoms with van der Waals surface area (Å²) in [7, 11) is 2.28. The van der Waals surface area contributed by atoms with Crippen LogP contribution in [0.4, 0.5) is 0 Å². The molecule has 0 radical (unpaired) electrons. The van der Waals surface area contributed by atoms with Crippen LogP contribution in [0, 0.1) is 11.8 Å². The summed E-state index contributed by atoms with van der Waals surface area (Å²) in [5, 5.41) is 0. The van der Waals surface area contributed by atoms with Gasteiger partial charge in [-0.25, -0.2) is 0 Å². The van der Waals surface area contributed by atoms with Gasteiger partial charge in [-0.2, -0.15) is 0 Å². The molecule has 1 rings (SSSR count). The highest BCUT2D eigenvalue weighted by Crippen LogP contribution is 2.26. The van der Waals surface area contributed by atoms with Crippen LogP contribution in [0.5, 0.6) is 0 Å². The first kappa shape index (κ1) is 13.0. The zero-order valence-corrected chi connectivity index (χ0v) is 10.7. The molecule has 1 aliphatic carbocycles. The molecule has 1 unspecified atom stereocenters. The van der Waals surface area contributed by atoms with E-state index in [-0.39, 0.29) is 0 Å². The van der Waals surface area contributed by atoms with Crippen LogP contribution in [-0.4, -0.2) is 31.1 Å². The average Bonchev–Trinajstić information content (AvgIpc) is 2.26. The first-order valence-corrected chi connectivity index (χ1v) is 6.57. The largest absolute Gasteiger partial charge is 0.330 e. The monoisotopic (exact) mass is 212 g/mol. The summed E-state index contributed by atoms with van der Waals surface area (Å²) in [5.74, 6) is 1.64.